The number of ether oxygens (including phenoxy) is 3. The Hall–Kier alpha value is -4.44. The molecule has 0 bridgehead atoms. The zero-order valence-corrected chi connectivity index (χ0v) is 24.3. The molecule has 0 saturated carbocycles. The highest BCUT2D eigenvalue weighted by Crippen LogP contribution is 2.30. The first-order valence-corrected chi connectivity index (χ1v) is 14.5. The maximum atomic E-state index is 5.62. The summed E-state index contributed by atoms with van der Waals surface area (Å²) in [6.45, 7) is 2.29. The van der Waals surface area contributed by atoms with Crippen LogP contribution in [0, 0.1) is 0 Å². The number of hydrogen-bond donors (Lipinski definition) is 0. The molecular formula is C37H36BO3-. The summed E-state index contributed by atoms with van der Waals surface area (Å²) in [5.74, 6) is 2.61. The van der Waals surface area contributed by atoms with E-state index in [2.05, 4.69) is 116 Å². The van der Waals surface area contributed by atoms with Crippen LogP contribution in [0.4, 0.5) is 0 Å². The fraction of sp³-hybridized carbons (Fsp3) is 0.189. The molecule has 0 spiro atoms. The van der Waals surface area contributed by atoms with Gasteiger partial charge < -0.3 is 14.2 Å². The number of methoxy groups -OCH3 is 3. The van der Waals surface area contributed by atoms with Crippen LogP contribution in [0.5, 0.6) is 17.2 Å². The van der Waals surface area contributed by atoms with Crippen LogP contribution in [0.1, 0.15) is 19.8 Å². The molecule has 0 unspecified atom stereocenters. The molecule has 0 amide bonds. The number of fused-ring (bicyclic) bond motifs is 3. The second-order valence-electron chi connectivity index (χ2n) is 11.0. The van der Waals surface area contributed by atoms with Gasteiger partial charge in [0.15, 0.2) is 0 Å². The maximum absolute atomic E-state index is 5.62. The minimum Gasteiger partial charge on any atom is -0.497 e. The van der Waals surface area contributed by atoms with Crippen molar-refractivity contribution < 1.29 is 14.2 Å². The van der Waals surface area contributed by atoms with E-state index in [4.69, 9.17) is 14.2 Å². The third-order valence-corrected chi connectivity index (χ3v) is 8.95. The predicted octanol–water partition coefficient (Wildman–Crippen LogP) is 7.44. The van der Waals surface area contributed by atoms with E-state index in [-0.39, 0.29) is 0 Å². The van der Waals surface area contributed by atoms with Crippen molar-refractivity contribution >= 4 is 54.9 Å². The molecule has 0 saturated heterocycles. The van der Waals surface area contributed by atoms with Gasteiger partial charge in [-0.3, -0.25) is 0 Å². The molecule has 4 heteroatoms. The Bertz CT molecular complexity index is 1650. The van der Waals surface area contributed by atoms with Gasteiger partial charge in [-0.15, -0.1) is 0 Å². The Morgan fingerprint density at radius 2 is 0.854 bits per heavy atom. The molecule has 6 rings (SSSR count). The predicted molar refractivity (Wildman–Crippen MR) is 176 cm³/mol. The summed E-state index contributed by atoms with van der Waals surface area (Å²) in [5.41, 5.74) is 4.10. The Morgan fingerprint density at radius 1 is 0.488 bits per heavy atom. The van der Waals surface area contributed by atoms with Crippen LogP contribution in [-0.4, -0.2) is 27.5 Å². The summed E-state index contributed by atoms with van der Waals surface area (Å²) in [5, 5.41) is 7.36. The van der Waals surface area contributed by atoms with Gasteiger partial charge in [0.05, 0.1) is 27.5 Å². The van der Waals surface area contributed by atoms with Crippen molar-refractivity contribution in [3.63, 3.8) is 0 Å². The van der Waals surface area contributed by atoms with Gasteiger partial charge in [-0.2, -0.15) is 22.7 Å². The normalized spacial score (nSPS) is 11.7. The number of benzene rings is 6. The van der Waals surface area contributed by atoms with Crippen molar-refractivity contribution in [3.8, 4) is 17.2 Å². The first kappa shape index (κ1) is 26.8. The summed E-state index contributed by atoms with van der Waals surface area (Å²) < 4.78 is 16.9. The first-order valence-electron chi connectivity index (χ1n) is 14.5. The summed E-state index contributed by atoms with van der Waals surface area (Å²) in [6, 6.07) is 39.8. The smallest absolute Gasteiger partial charge is 0.119 e. The highest BCUT2D eigenvalue weighted by atomic mass is 16.5. The minimum absolute atomic E-state index is 0.871. The molecule has 6 aromatic rings. The molecular weight excluding hydrogens is 503 g/mol. The van der Waals surface area contributed by atoms with E-state index in [1.807, 2.05) is 0 Å². The van der Waals surface area contributed by atoms with Crippen molar-refractivity contribution in [1.82, 2.24) is 0 Å². The second kappa shape index (κ2) is 11.2. The first-order chi connectivity index (χ1) is 20.1. The number of unbranched alkanes of at least 4 members (excludes halogenated alkanes) is 1. The van der Waals surface area contributed by atoms with Crippen molar-refractivity contribution in [2.75, 3.05) is 21.3 Å². The lowest BCUT2D eigenvalue weighted by Gasteiger charge is -2.45. The van der Waals surface area contributed by atoms with E-state index in [0.717, 1.165) is 36.4 Å². The Labute approximate surface area is 242 Å². The minimum atomic E-state index is -1.42. The zero-order valence-electron chi connectivity index (χ0n) is 24.3. The largest absolute Gasteiger partial charge is 0.497 e. The molecule has 0 aliphatic heterocycles. The van der Waals surface area contributed by atoms with E-state index in [0.29, 0.717) is 0 Å². The average molecular weight is 540 g/mol. The zero-order chi connectivity index (χ0) is 28.4. The molecule has 0 aliphatic rings. The van der Waals surface area contributed by atoms with Crippen molar-refractivity contribution in [1.29, 1.82) is 0 Å². The van der Waals surface area contributed by atoms with Crippen LogP contribution in [0.3, 0.4) is 0 Å². The number of rotatable bonds is 9. The monoisotopic (exact) mass is 539 g/mol. The fourth-order valence-electron chi connectivity index (χ4n) is 7.01. The fourth-order valence-corrected chi connectivity index (χ4v) is 7.01. The molecule has 6 aromatic carbocycles. The van der Waals surface area contributed by atoms with Crippen molar-refractivity contribution in [3.05, 3.63) is 109 Å². The van der Waals surface area contributed by atoms with Crippen LogP contribution >= 0.6 is 0 Å². The molecule has 3 nitrogen and oxygen atoms in total. The van der Waals surface area contributed by atoms with E-state index >= 15 is 0 Å². The lowest BCUT2D eigenvalue weighted by atomic mass is 9.13. The highest BCUT2D eigenvalue weighted by molar-refractivity contribution is 7.14. The molecule has 0 N–H and O–H groups in total. The van der Waals surface area contributed by atoms with Gasteiger partial charge in [-0.05, 0) is 52.6 Å². The molecule has 0 fully saturated rings. The quantitative estimate of drug-likeness (QED) is 0.179. The van der Waals surface area contributed by atoms with Gasteiger partial charge in [0.2, 0.25) is 0 Å². The topological polar surface area (TPSA) is 27.7 Å². The van der Waals surface area contributed by atoms with E-state index in [1.54, 1.807) is 21.3 Å². The average Bonchev–Trinajstić information content (AvgIpc) is 3.04. The lowest BCUT2D eigenvalue weighted by molar-refractivity contribution is 0.415. The molecule has 0 radical (unpaired) electrons. The van der Waals surface area contributed by atoms with Crippen LogP contribution in [0.25, 0.3) is 32.3 Å². The van der Waals surface area contributed by atoms with Crippen LogP contribution in [0.2, 0.25) is 6.32 Å². The summed E-state index contributed by atoms with van der Waals surface area (Å²) >= 11 is 0. The summed E-state index contributed by atoms with van der Waals surface area (Å²) in [6.07, 6.45) is 1.82. The Morgan fingerprint density at radius 3 is 1.17 bits per heavy atom. The molecule has 0 atom stereocenters. The summed E-state index contributed by atoms with van der Waals surface area (Å²) in [4.78, 5) is 0. The van der Waals surface area contributed by atoms with Gasteiger partial charge in [-0.25, -0.2) is 0 Å². The SMILES string of the molecule is CCCC[B-](c1cccc2cc(OC)ccc12)(c1cccc2cc(OC)ccc12)c1cccc2cc(OC)ccc12. The van der Waals surface area contributed by atoms with E-state index in [9.17, 15) is 0 Å². The van der Waals surface area contributed by atoms with Gasteiger partial charge in [0.1, 0.15) is 17.2 Å². The summed E-state index contributed by atoms with van der Waals surface area (Å²) in [7, 11) is 5.19. The van der Waals surface area contributed by atoms with Gasteiger partial charge in [0.25, 0.3) is 0 Å². The van der Waals surface area contributed by atoms with Crippen LogP contribution in [-0.2, 0) is 0 Å². The Kier molecular flexibility index (Phi) is 7.32. The van der Waals surface area contributed by atoms with E-state index in [1.165, 1.54) is 48.7 Å². The molecule has 0 aromatic heterocycles. The van der Waals surface area contributed by atoms with E-state index < -0.39 is 6.15 Å². The van der Waals surface area contributed by atoms with Gasteiger partial charge in [0, 0.05) is 0 Å². The highest BCUT2D eigenvalue weighted by Gasteiger charge is 2.33. The van der Waals surface area contributed by atoms with Crippen LogP contribution < -0.4 is 30.6 Å². The second-order valence-corrected chi connectivity index (χ2v) is 11.0. The standard InChI is InChI=1S/C37H36BO3/c1-5-6-22-38(35-13-7-10-26-23-29(39-2)16-19-32(26)35,36-14-8-11-27-24-30(40-3)17-20-33(27)36)37-15-9-12-28-25-31(41-4)18-21-34(28)37/h7-21,23-25H,5-6,22H2,1-4H3/q-1. The third kappa shape index (κ3) is 4.58. The molecule has 0 aliphatic carbocycles. The number of hydrogen-bond acceptors (Lipinski definition) is 3. The Balaban J connectivity index is 1.79. The lowest BCUT2D eigenvalue weighted by Crippen LogP contribution is -2.67. The maximum Gasteiger partial charge on any atom is 0.119 e. The van der Waals surface area contributed by atoms with Gasteiger partial charge in [-0.1, -0.05) is 109 Å². The molecule has 206 valence electrons. The third-order valence-electron chi connectivity index (χ3n) is 8.95. The molecule has 41 heavy (non-hydrogen) atoms. The van der Waals surface area contributed by atoms with Crippen LogP contribution in [0.15, 0.2) is 109 Å². The van der Waals surface area contributed by atoms with Crippen molar-refractivity contribution in [2.45, 2.75) is 26.1 Å². The molecule has 0 heterocycles. The van der Waals surface area contributed by atoms with Gasteiger partial charge >= 0.3 is 0 Å². The van der Waals surface area contributed by atoms with Crippen molar-refractivity contribution in [2.24, 2.45) is 0 Å².